The summed E-state index contributed by atoms with van der Waals surface area (Å²) in [5.41, 5.74) is -3.50. The highest BCUT2D eigenvalue weighted by Crippen LogP contribution is 2.50. The summed E-state index contributed by atoms with van der Waals surface area (Å²) in [6.07, 6.45) is -11.2. The minimum absolute atomic E-state index is 0.0667. The highest BCUT2D eigenvalue weighted by atomic mass is 32.2. The number of rotatable bonds is 6. The van der Waals surface area contributed by atoms with Crippen LogP contribution in [0.4, 0.5) is 32.0 Å². The molecule has 1 aliphatic heterocycles. The molecule has 0 radical (unpaired) electrons. The number of piperazine rings is 1. The monoisotopic (exact) mass is 546 g/mol. The Bertz CT molecular complexity index is 1130. The van der Waals surface area contributed by atoms with Gasteiger partial charge in [-0.15, -0.1) is 11.3 Å². The second-order valence-electron chi connectivity index (χ2n) is 8.70. The van der Waals surface area contributed by atoms with Gasteiger partial charge in [0.15, 0.2) is 0 Å². The Morgan fingerprint density at radius 1 is 0.944 bits per heavy atom. The Morgan fingerprint density at radius 3 is 2.22 bits per heavy atom. The van der Waals surface area contributed by atoms with Crippen molar-refractivity contribution in [2.24, 2.45) is 0 Å². The molecule has 1 fully saturated rings. The fourth-order valence-corrected chi connectivity index (χ4v) is 6.28. The van der Waals surface area contributed by atoms with Crippen LogP contribution in [0.1, 0.15) is 16.7 Å². The van der Waals surface area contributed by atoms with Crippen LogP contribution in [0.2, 0.25) is 0 Å². The van der Waals surface area contributed by atoms with Crippen LogP contribution in [0.25, 0.3) is 0 Å². The molecule has 194 valence electrons. The Hall–Kier alpha value is -2.21. The summed E-state index contributed by atoms with van der Waals surface area (Å²) in [5, 5.41) is 11.7. The molecule has 1 N–H and O–H groups in total. The Balaban J connectivity index is 1.61. The van der Waals surface area contributed by atoms with E-state index in [1.54, 1.807) is 23.3 Å². The molecule has 1 aliphatic rings. The van der Waals surface area contributed by atoms with Crippen molar-refractivity contribution in [2.75, 3.05) is 24.5 Å². The molecule has 0 spiro atoms. The summed E-state index contributed by atoms with van der Waals surface area (Å²) >= 11 is 3.27. The van der Waals surface area contributed by atoms with Crippen LogP contribution in [0.5, 0.6) is 0 Å². The summed E-state index contributed by atoms with van der Waals surface area (Å²) in [4.78, 5) is 2.01. The predicted octanol–water partition coefficient (Wildman–Crippen LogP) is 6.81. The number of nitrogens with zero attached hydrogens (tertiary/aromatic N) is 2. The Kier molecular flexibility index (Phi) is 7.66. The number of halogens is 6. The number of aliphatic hydroxyl groups is 1. The smallest absolute Gasteiger partial charge is 0.369 e. The predicted molar refractivity (Wildman–Crippen MR) is 130 cm³/mol. The largest absolute Gasteiger partial charge is 0.430 e. The number of benzene rings is 2. The number of alkyl halides is 6. The molecular formula is C25H24F6N2OS2. The maximum Gasteiger partial charge on any atom is 0.430 e. The molecule has 0 saturated carbocycles. The molecule has 2 heterocycles. The van der Waals surface area contributed by atoms with Gasteiger partial charge in [0.1, 0.15) is 0 Å². The van der Waals surface area contributed by atoms with Gasteiger partial charge in [0.25, 0.3) is 5.60 Å². The quantitative estimate of drug-likeness (QED) is 0.272. The number of hydrogen-bond acceptors (Lipinski definition) is 5. The molecule has 4 rings (SSSR count). The van der Waals surface area contributed by atoms with Gasteiger partial charge in [0, 0.05) is 36.9 Å². The van der Waals surface area contributed by atoms with Crippen LogP contribution >= 0.6 is 23.3 Å². The highest BCUT2D eigenvalue weighted by molar-refractivity contribution is 7.98. The van der Waals surface area contributed by atoms with E-state index in [-0.39, 0.29) is 6.04 Å². The third-order valence-corrected chi connectivity index (χ3v) is 8.23. The van der Waals surface area contributed by atoms with Gasteiger partial charge in [-0.3, -0.25) is 0 Å². The Morgan fingerprint density at radius 2 is 1.64 bits per heavy atom. The van der Waals surface area contributed by atoms with Crippen molar-refractivity contribution in [2.45, 2.75) is 41.5 Å². The fraction of sp³-hybridized carbons (Fsp3) is 0.360. The molecule has 1 unspecified atom stereocenters. The lowest BCUT2D eigenvalue weighted by atomic mass is 9.92. The van der Waals surface area contributed by atoms with Gasteiger partial charge in [-0.05, 0) is 54.4 Å². The van der Waals surface area contributed by atoms with Crippen molar-refractivity contribution in [3.8, 4) is 0 Å². The number of anilines is 1. The second-order valence-corrected chi connectivity index (χ2v) is 11.0. The van der Waals surface area contributed by atoms with E-state index < -0.39 is 23.5 Å². The second kappa shape index (κ2) is 10.3. The molecule has 11 heteroatoms. The summed E-state index contributed by atoms with van der Waals surface area (Å²) in [7, 11) is 0. The van der Waals surface area contributed by atoms with E-state index in [0.717, 1.165) is 15.3 Å². The van der Waals surface area contributed by atoms with Crippen molar-refractivity contribution < 1.29 is 31.4 Å². The zero-order valence-electron chi connectivity index (χ0n) is 19.2. The molecule has 1 saturated heterocycles. The lowest BCUT2D eigenvalue weighted by Gasteiger charge is -2.42. The van der Waals surface area contributed by atoms with Crippen molar-refractivity contribution in [1.82, 2.24) is 4.31 Å². The summed E-state index contributed by atoms with van der Waals surface area (Å²) in [6, 6.07) is 15.8. The first-order valence-corrected chi connectivity index (χ1v) is 12.8. The fourth-order valence-electron chi connectivity index (χ4n) is 4.36. The van der Waals surface area contributed by atoms with Crippen molar-refractivity contribution in [3.05, 3.63) is 82.7 Å². The van der Waals surface area contributed by atoms with E-state index in [4.69, 9.17) is 0 Å². The average Bonchev–Trinajstić information content (AvgIpc) is 3.30. The first-order valence-electron chi connectivity index (χ1n) is 11.1. The van der Waals surface area contributed by atoms with Crippen LogP contribution < -0.4 is 4.90 Å². The van der Waals surface area contributed by atoms with E-state index >= 15 is 0 Å². The molecule has 0 aliphatic carbocycles. The van der Waals surface area contributed by atoms with Crippen molar-refractivity contribution >= 4 is 29.0 Å². The van der Waals surface area contributed by atoms with Gasteiger partial charge in [-0.2, -0.15) is 26.3 Å². The van der Waals surface area contributed by atoms with Gasteiger partial charge >= 0.3 is 12.4 Å². The van der Waals surface area contributed by atoms with Crippen LogP contribution in [0.15, 0.2) is 70.3 Å². The first-order chi connectivity index (χ1) is 16.9. The molecular weight excluding hydrogens is 522 g/mol. The maximum atomic E-state index is 13.3. The maximum absolute atomic E-state index is 13.3. The highest BCUT2D eigenvalue weighted by Gasteiger charge is 2.71. The van der Waals surface area contributed by atoms with E-state index in [0.29, 0.717) is 43.9 Å². The number of aryl methyl sites for hydroxylation is 1. The summed E-state index contributed by atoms with van der Waals surface area (Å²) < 4.78 is 83.1. The van der Waals surface area contributed by atoms with Gasteiger partial charge < -0.3 is 10.0 Å². The molecule has 3 aromatic rings. The molecule has 2 aromatic carbocycles. The van der Waals surface area contributed by atoms with Crippen LogP contribution in [0.3, 0.4) is 0 Å². The van der Waals surface area contributed by atoms with Crippen LogP contribution in [-0.2, 0) is 12.0 Å². The lowest BCUT2D eigenvalue weighted by molar-refractivity contribution is -0.376. The summed E-state index contributed by atoms with van der Waals surface area (Å²) in [5.74, 6) is 0. The third kappa shape index (κ3) is 5.53. The molecule has 36 heavy (non-hydrogen) atoms. The molecule has 1 atom stereocenters. The van der Waals surface area contributed by atoms with E-state index in [2.05, 4.69) is 10.4 Å². The van der Waals surface area contributed by atoms with Crippen molar-refractivity contribution in [3.63, 3.8) is 0 Å². The summed E-state index contributed by atoms with van der Waals surface area (Å²) in [6.45, 7) is 3.83. The average molecular weight is 547 g/mol. The normalized spacial score (nSPS) is 18.0. The SMILES string of the molecule is Cc1cccc(CC2CN(Sc3cccs3)CCN2c2ccc(C(O)(C(F)(F)F)C(F)(F)F)cc2)c1. The van der Waals surface area contributed by atoms with Crippen LogP contribution in [0, 0.1) is 6.92 Å². The van der Waals surface area contributed by atoms with Gasteiger partial charge in [-0.1, -0.05) is 48.0 Å². The molecule has 3 nitrogen and oxygen atoms in total. The van der Waals surface area contributed by atoms with Gasteiger partial charge in [-0.25, -0.2) is 4.31 Å². The molecule has 0 bridgehead atoms. The van der Waals surface area contributed by atoms with Crippen molar-refractivity contribution in [1.29, 1.82) is 0 Å². The number of thiophene rings is 1. The zero-order valence-corrected chi connectivity index (χ0v) is 20.8. The lowest BCUT2D eigenvalue weighted by Crippen LogP contribution is -2.54. The third-order valence-electron chi connectivity index (χ3n) is 6.15. The Labute approximate surface area is 213 Å². The van der Waals surface area contributed by atoms with Gasteiger partial charge in [0.05, 0.1) is 4.21 Å². The van der Waals surface area contributed by atoms with Gasteiger partial charge in [0.2, 0.25) is 0 Å². The number of hydrogen-bond donors (Lipinski definition) is 1. The molecule has 1 aromatic heterocycles. The van der Waals surface area contributed by atoms with E-state index in [1.165, 1.54) is 12.1 Å². The van der Waals surface area contributed by atoms with E-state index in [9.17, 15) is 31.4 Å². The minimum Gasteiger partial charge on any atom is -0.369 e. The van der Waals surface area contributed by atoms with Crippen LogP contribution in [-0.4, -0.2) is 47.4 Å². The van der Waals surface area contributed by atoms with E-state index in [1.807, 2.05) is 47.5 Å². The standard InChI is InChI=1S/C25H24F6N2OS2/c1-17-4-2-5-18(14-17)15-21-16-32(36-22-6-3-13-35-22)11-12-33(21)20-9-7-19(8-10-20)23(34,24(26,27)28)25(29,30)31/h2-10,13-14,21,34H,11-12,15-16H2,1H3. The molecule has 0 amide bonds. The first kappa shape index (κ1) is 26.8. The minimum atomic E-state index is -5.91. The zero-order chi connectivity index (χ0) is 26.1. The topological polar surface area (TPSA) is 26.7 Å².